The second-order valence-corrected chi connectivity index (χ2v) is 7.53. The minimum atomic E-state index is -1.80. The van der Waals surface area contributed by atoms with E-state index < -0.39 is 53.1 Å². The van der Waals surface area contributed by atoms with Crippen LogP contribution in [0.5, 0.6) is 0 Å². The zero-order chi connectivity index (χ0) is 22.2. The first-order valence-corrected chi connectivity index (χ1v) is 9.71. The number of benzene rings is 3. The van der Waals surface area contributed by atoms with Crippen LogP contribution in [0.4, 0.5) is 13.2 Å². The van der Waals surface area contributed by atoms with Gasteiger partial charge in [0.15, 0.2) is 0 Å². The number of carbonyl (C=O) groups excluding carboxylic acids is 2. The highest BCUT2D eigenvalue weighted by molar-refractivity contribution is 5.90. The lowest BCUT2D eigenvalue weighted by atomic mass is 9.67. The molecule has 158 valence electrons. The smallest absolute Gasteiger partial charge is 0.225 e. The molecule has 0 bridgehead atoms. The van der Waals surface area contributed by atoms with Crippen molar-refractivity contribution in [2.45, 2.75) is 17.9 Å². The molecule has 3 aromatic carbocycles. The van der Waals surface area contributed by atoms with Crippen molar-refractivity contribution in [2.75, 3.05) is 0 Å². The van der Waals surface area contributed by atoms with Crippen molar-refractivity contribution in [1.29, 1.82) is 0 Å². The van der Waals surface area contributed by atoms with Gasteiger partial charge in [-0.25, -0.2) is 13.2 Å². The Morgan fingerprint density at radius 2 is 1.32 bits per heavy atom. The Balaban J connectivity index is 2.10. The predicted molar refractivity (Wildman–Crippen MR) is 108 cm³/mol. The lowest BCUT2D eigenvalue weighted by Crippen LogP contribution is -2.45. The van der Waals surface area contributed by atoms with Gasteiger partial charge in [0.1, 0.15) is 23.0 Å². The Kier molecular flexibility index (Phi) is 5.27. The molecule has 4 nitrogen and oxygen atoms in total. The van der Waals surface area contributed by atoms with Gasteiger partial charge in [0.05, 0.1) is 5.92 Å². The summed E-state index contributed by atoms with van der Waals surface area (Å²) in [6.45, 7) is 0. The molecule has 7 heteroatoms. The number of nitrogens with two attached hydrogens (primary N) is 1. The molecule has 0 spiro atoms. The third-order valence-corrected chi connectivity index (χ3v) is 5.78. The second-order valence-electron chi connectivity index (χ2n) is 7.53. The summed E-state index contributed by atoms with van der Waals surface area (Å²) in [6.07, 6.45) is -0.407. The summed E-state index contributed by atoms with van der Waals surface area (Å²) in [5.41, 5.74) is 3.57. The Labute approximate surface area is 176 Å². The average molecular weight is 424 g/mol. The molecule has 0 aromatic heterocycles. The molecule has 1 heterocycles. The molecule has 4 rings (SSSR count). The Morgan fingerprint density at radius 1 is 0.839 bits per heavy atom. The van der Waals surface area contributed by atoms with Gasteiger partial charge >= 0.3 is 0 Å². The molecule has 3 N–H and O–H groups in total. The Hall–Kier alpha value is -3.61. The molecular formula is C24H19F3N2O2. The summed E-state index contributed by atoms with van der Waals surface area (Å²) >= 11 is 0. The van der Waals surface area contributed by atoms with E-state index in [1.165, 1.54) is 54.6 Å². The minimum absolute atomic E-state index is 0.0336. The van der Waals surface area contributed by atoms with Crippen LogP contribution in [0.15, 0.2) is 72.8 Å². The predicted octanol–water partition coefficient (Wildman–Crippen LogP) is 3.75. The molecule has 2 atom stereocenters. The van der Waals surface area contributed by atoms with Crippen LogP contribution in [-0.4, -0.2) is 11.8 Å². The fourth-order valence-electron chi connectivity index (χ4n) is 4.60. The molecule has 31 heavy (non-hydrogen) atoms. The first kappa shape index (κ1) is 20.7. The first-order chi connectivity index (χ1) is 14.9. The summed E-state index contributed by atoms with van der Waals surface area (Å²) in [4.78, 5) is 24.9. The topological polar surface area (TPSA) is 72.2 Å². The van der Waals surface area contributed by atoms with Crippen molar-refractivity contribution >= 4 is 11.8 Å². The van der Waals surface area contributed by atoms with Crippen LogP contribution in [-0.2, 0) is 15.1 Å². The van der Waals surface area contributed by atoms with Gasteiger partial charge < -0.3 is 11.1 Å². The lowest BCUT2D eigenvalue weighted by Gasteiger charge is -2.38. The molecular weight excluding hydrogens is 405 g/mol. The summed E-state index contributed by atoms with van der Waals surface area (Å²) in [7, 11) is 0. The third kappa shape index (κ3) is 3.36. The van der Waals surface area contributed by atoms with Gasteiger partial charge in [-0.1, -0.05) is 54.6 Å². The monoisotopic (exact) mass is 424 g/mol. The molecule has 1 fully saturated rings. The van der Waals surface area contributed by atoms with Crippen molar-refractivity contribution in [3.05, 3.63) is 107 Å². The summed E-state index contributed by atoms with van der Waals surface area (Å²) in [5.74, 6) is -5.75. The number of rotatable bonds is 5. The maximum Gasteiger partial charge on any atom is 0.225 e. The molecule has 2 amide bonds. The molecule has 0 aliphatic carbocycles. The maximum absolute atomic E-state index is 15.2. The molecule has 0 saturated carbocycles. The standard InChI is InChI=1S/C24H19F3N2O2/c25-18-10-4-1-7-14(18)22-15(13-21(28)30)23(31)29-24(22,16-8-2-5-11-19(16)26)17-9-3-6-12-20(17)27/h1-12,15,22H,13H2,(H2,28,30)(H,29,31)/t15-,22?/m0/s1. The third-order valence-electron chi connectivity index (χ3n) is 5.78. The van der Waals surface area contributed by atoms with Crippen LogP contribution in [0, 0.1) is 23.4 Å². The van der Waals surface area contributed by atoms with Gasteiger partial charge in [-0.2, -0.15) is 0 Å². The van der Waals surface area contributed by atoms with Crippen LogP contribution in [0.2, 0.25) is 0 Å². The van der Waals surface area contributed by atoms with Crippen molar-refractivity contribution in [3.8, 4) is 0 Å². The molecule has 3 aromatic rings. The molecule has 1 unspecified atom stereocenters. The van der Waals surface area contributed by atoms with E-state index in [2.05, 4.69) is 5.32 Å². The largest absolute Gasteiger partial charge is 0.370 e. The van der Waals surface area contributed by atoms with E-state index in [0.717, 1.165) is 0 Å². The number of hydrogen-bond donors (Lipinski definition) is 2. The van der Waals surface area contributed by atoms with Crippen molar-refractivity contribution in [2.24, 2.45) is 11.7 Å². The van der Waals surface area contributed by atoms with Gasteiger partial charge in [0.2, 0.25) is 11.8 Å². The summed E-state index contributed by atoms with van der Waals surface area (Å²) in [6, 6.07) is 16.9. The fourth-order valence-corrected chi connectivity index (χ4v) is 4.60. The van der Waals surface area contributed by atoms with E-state index in [0.29, 0.717) is 0 Å². The number of hydrogen-bond acceptors (Lipinski definition) is 2. The highest BCUT2D eigenvalue weighted by atomic mass is 19.1. The van der Waals surface area contributed by atoms with Crippen molar-refractivity contribution in [1.82, 2.24) is 5.32 Å². The van der Waals surface area contributed by atoms with Crippen LogP contribution >= 0.6 is 0 Å². The van der Waals surface area contributed by atoms with E-state index in [9.17, 15) is 9.59 Å². The molecule has 0 radical (unpaired) electrons. The number of amides is 2. The summed E-state index contributed by atoms with van der Waals surface area (Å²) < 4.78 is 45.3. The van der Waals surface area contributed by atoms with E-state index >= 15 is 13.2 Å². The van der Waals surface area contributed by atoms with Gasteiger partial charge in [-0.05, 0) is 23.8 Å². The van der Waals surface area contributed by atoms with Crippen LogP contribution in [0.3, 0.4) is 0 Å². The average Bonchev–Trinajstić information content (AvgIpc) is 3.01. The Bertz CT molecular complexity index is 1120. The second kappa shape index (κ2) is 7.91. The van der Waals surface area contributed by atoms with E-state index in [4.69, 9.17) is 5.73 Å². The highest BCUT2D eigenvalue weighted by Crippen LogP contribution is 2.53. The first-order valence-electron chi connectivity index (χ1n) is 9.71. The minimum Gasteiger partial charge on any atom is -0.370 e. The van der Waals surface area contributed by atoms with Gasteiger partial charge in [-0.3, -0.25) is 9.59 Å². The number of nitrogens with one attached hydrogen (secondary N) is 1. The lowest BCUT2D eigenvalue weighted by molar-refractivity contribution is -0.127. The van der Waals surface area contributed by atoms with Gasteiger partial charge in [0.25, 0.3) is 0 Å². The quantitative estimate of drug-likeness (QED) is 0.655. The zero-order valence-electron chi connectivity index (χ0n) is 16.3. The van der Waals surface area contributed by atoms with E-state index in [1.54, 1.807) is 18.2 Å². The maximum atomic E-state index is 15.2. The molecule has 1 saturated heterocycles. The van der Waals surface area contributed by atoms with Crippen molar-refractivity contribution < 1.29 is 22.8 Å². The van der Waals surface area contributed by atoms with Gasteiger partial charge in [-0.15, -0.1) is 0 Å². The summed E-state index contributed by atoms with van der Waals surface area (Å²) in [5, 5.41) is 2.72. The SMILES string of the molecule is NC(=O)C[C@@H]1C(=O)NC(c2ccccc2F)(c2ccccc2F)C1c1ccccc1F. The molecule has 1 aliphatic heterocycles. The number of halogens is 3. The van der Waals surface area contributed by atoms with E-state index in [1.807, 2.05) is 0 Å². The normalized spacial score (nSPS) is 19.8. The van der Waals surface area contributed by atoms with Crippen LogP contribution in [0.1, 0.15) is 29.0 Å². The highest BCUT2D eigenvalue weighted by Gasteiger charge is 2.58. The van der Waals surface area contributed by atoms with Gasteiger partial charge in [0, 0.05) is 23.5 Å². The zero-order valence-corrected chi connectivity index (χ0v) is 16.3. The Morgan fingerprint density at radius 3 is 1.81 bits per heavy atom. The van der Waals surface area contributed by atoms with Crippen LogP contribution < -0.4 is 11.1 Å². The number of primary amides is 1. The van der Waals surface area contributed by atoms with E-state index in [-0.39, 0.29) is 16.7 Å². The van der Waals surface area contributed by atoms with Crippen molar-refractivity contribution in [3.63, 3.8) is 0 Å². The van der Waals surface area contributed by atoms with Crippen LogP contribution in [0.25, 0.3) is 0 Å². The fraction of sp³-hybridized carbons (Fsp3) is 0.167. The molecule has 1 aliphatic rings. The number of carbonyl (C=O) groups is 2.